The molecule has 0 saturated heterocycles. The van der Waals surface area contributed by atoms with E-state index < -0.39 is 0 Å². The highest BCUT2D eigenvalue weighted by Crippen LogP contribution is 2.25. The van der Waals surface area contributed by atoms with E-state index in [1.807, 2.05) is 12.1 Å². The number of halogens is 1. The first-order valence-corrected chi connectivity index (χ1v) is 8.52. The number of aromatic nitrogens is 2. The highest BCUT2D eigenvalue weighted by atomic mass is 35.5. The average Bonchev–Trinajstić information content (AvgIpc) is 3.14. The molecule has 1 aromatic heterocycles. The zero-order valence-corrected chi connectivity index (χ0v) is 14.1. The molecule has 2 nitrogen and oxygen atoms in total. The Morgan fingerprint density at radius 1 is 1.09 bits per heavy atom. The topological polar surface area (TPSA) is 8.81 Å². The lowest BCUT2D eigenvalue weighted by Crippen LogP contribution is -2.36. The Kier molecular flexibility index (Phi) is 3.70. The molecule has 0 unspecified atom stereocenters. The Hall–Kier alpha value is -2.06. The summed E-state index contributed by atoms with van der Waals surface area (Å²) in [6.45, 7) is 4.07. The van der Waals surface area contributed by atoms with Crippen molar-refractivity contribution in [1.82, 2.24) is 4.57 Å². The normalized spacial score (nSPS) is 13.3. The number of hydrogen-bond donors (Lipinski definition) is 0. The highest BCUT2D eigenvalue weighted by Gasteiger charge is 2.28. The zero-order valence-electron chi connectivity index (χ0n) is 13.3. The minimum absolute atomic E-state index is 0.834. The first-order valence-electron chi connectivity index (χ1n) is 8.14. The number of benzene rings is 2. The van der Waals surface area contributed by atoms with Crippen LogP contribution in [0.5, 0.6) is 0 Å². The molecule has 0 spiro atoms. The smallest absolute Gasteiger partial charge is 0.229 e. The lowest BCUT2D eigenvalue weighted by molar-refractivity contribution is -0.694. The molecule has 3 heteroatoms. The second kappa shape index (κ2) is 5.86. The minimum atomic E-state index is 0.834. The Morgan fingerprint density at radius 3 is 2.65 bits per heavy atom. The van der Waals surface area contributed by atoms with E-state index in [4.69, 9.17) is 11.6 Å². The van der Waals surface area contributed by atoms with Crippen molar-refractivity contribution in [2.45, 2.75) is 32.9 Å². The lowest BCUT2D eigenvalue weighted by atomic mass is 10.1. The van der Waals surface area contributed by atoms with E-state index in [1.165, 1.54) is 34.6 Å². The minimum Gasteiger partial charge on any atom is -0.229 e. The quantitative estimate of drug-likeness (QED) is 0.632. The Labute approximate surface area is 142 Å². The molecule has 0 saturated carbocycles. The predicted molar refractivity (Wildman–Crippen MR) is 93.7 cm³/mol. The van der Waals surface area contributed by atoms with E-state index in [0.29, 0.717) is 0 Å². The summed E-state index contributed by atoms with van der Waals surface area (Å²) in [5, 5.41) is 0.842. The fourth-order valence-electron chi connectivity index (χ4n) is 3.41. The maximum Gasteiger partial charge on any atom is 0.257 e. The standard InChI is InChI=1S/C20H20ClN2/c1-15-8-10-16(11-9-15)19-14-22(20-7-4-12-23(19)20)13-17-5-2-3-6-18(17)21/h2-3,5-6,8-11,14H,4,7,12-13H2,1H3/q+1. The van der Waals surface area contributed by atoms with Crippen LogP contribution in [0.1, 0.15) is 23.4 Å². The number of fused-ring (bicyclic) bond motifs is 1. The van der Waals surface area contributed by atoms with Gasteiger partial charge in [-0.25, -0.2) is 9.13 Å². The zero-order chi connectivity index (χ0) is 15.8. The van der Waals surface area contributed by atoms with E-state index in [2.05, 4.69) is 58.7 Å². The van der Waals surface area contributed by atoms with Gasteiger partial charge in [-0.1, -0.05) is 59.6 Å². The SMILES string of the molecule is Cc1ccc(-c2c[n+](Cc3ccccc3Cl)c3n2CCC3)cc1. The molecule has 23 heavy (non-hydrogen) atoms. The second-order valence-electron chi connectivity index (χ2n) is 6.27. The Bertz CT molecular complexity index is 847. The average molecular weight is 324 g/mol. The van der Waals surface area contributed by atoms with Crippen molar-refractivity contribution in [3.05, 3.63) is 76.7 Å². The van der Waals surface area contributed by atoms with E-state index >= 15 is 0 Å². The second-order valence-corrected chi connectivity index (χ2v) is 6.68. The number of imidazole rings is 1. The molecule has 2 aromatic carbocycles. The third-order valence-electron chi connectivity index (χ3n) is 4.64. The maximum absolute atomic E-state index is 6.35. The van der Waals surface area contributed by atoms with Gasteiger partial charge in [0.2, 0.25) is 0 Å². The summed E-state index contributed by atoms with van der Waals surface area (Å²) in [4.78, 5) is 0. The number of rotatable bonds is 3. The number of hydrogen-bond acceptors (Lipinski definition) is 0. The van der Waals surface area contributed by atoms with Crippen molar-refractivity contribution in [2.75, 3.05) is 0 Å². The summed E-state index contributed by atoms with van der Waals surface area (Å²) < 4.78 is 4.82. The molecule has 0 amide bonds. The van der Waals surface area contributed by atoms with Crippen molar-refractivity contribution < 1.29 is 4.57 Å². The van der Waals surface area contributed by atoms with Crippen molar-refractivity contribution in [3.8, 4) is 11.3 Å². The van der Waals surface area contributed by atoms with Gasteiger partial charge in [-0.15, -0.1) is 0 Å². The van der Waals surface area contributed by atoms with Crippen LogP contribution < -0.4 is 4.57 Å². The fourth-order valence-corrected chi connectivity index (χ4v) is 3.61. The van der Waals surface area contributed by atoms with E-state index in [0.717, 1.165) is 24.5 Å². The van der Waals surface area contributed by atoms with E-state index in [-0.39, 0.29) is 0 Å². The van der Waals surface area contributed by atoms with Gasteiger partial charge in [-0.3, -0.25) is 0 Å². The van der Waals surface area contributed by atoms with Gasteiger partial charge in [0, 0.05) is 16.1 Å². The summed E-state index contributed by atoms with van der Waals surface area (Å²) in [7, 11) is 0. The van der Waals surface area contributed by atoms with Crippen LogP contribution in [0.3, 0.4) is 0 Å². The molecular weight excluding hydrogens is 304 g/mol. The third-order valence-corrected chi connectivity index (χ3v) is 5.01. The van der Waals surface area contributed by atoms with Gasteiger partial charge in [0.25, 0.3) is 5.82 Å². The summed E-state index contributed by atoms with van der Waals surface area (Å²) in [6, 6.07) is 16.9. The van der Waals surface area contributed by atoms with Crippen LogP contribution in [0.4, 0.5) is 0 Å². The molecular formula is C20H20ClN2+. The third kappa shape index (κ3) is 2.68. The van der Waals surface area contributed by atoms with Crippen LogP contribution in [0, 0.1) is 6.92 Å². The van der Waals surface area contributed by atoms with Crippen LogP contribution in [0.15, 0.2) is 54.7 Å². The van der Waals surface area contributed by atoms with E-state index in [1.54, 1.807) is 0 Å². The molecule has 0 bridgehead atoms. The predicted octanol–water partition coefficient (Wildman–Crippen LogP) is 4.40. The summed E-state index contributed by atoms with van der Waals surface area (Å²) in [5.41, 5.74) is 5.07. The largest absolute Gasteiger partial charge is 0.257 e. The van der Waals surface area contributed by atoms with Gasteiger partial charge in [-0.2, -0.15) is 0 Å². The van der Waals surface area contributed by atoms with Crippen molar-refractivity contribution in [2.24, 2.45) is 0 Å². The van der Waals surface area contributed by atoms with Crippen molar-refractivity contribution in [3.63, 3.8) is 0 Å². The van der Waals surface area contributed by atoms with Crippen LogP contribution >= 0.6 is 11.6 Å². The summed E-state index contributed by atoms with van der Waals surface area (Å²) >= 11 is 6.35. The van der Waals surface area contributed by atoms with Crippen LogP contribution in [-0.2, 0) is 19.5 Å². The molecule has 0 atom stereocenters. The highest BCUT2D eigenvalue weighted by molar-refractivity contribution is 6.31. The first-order chi connectivity index (χ1) is 11.2. The molecule has 0 aliphatic carbocycles. The maximum atomic E-state index is 6.35. The first kappa shape index (κ1) is 14.5. The van der Waals surface area contributed by atoms with Crippen LogP contribution in [0.25, 0.3) is 11.3 Å². The molecule has 0 radical (unpaired) electrons. The van der Waals surface area contributed by atoms with Crippen LogP contribution in [0.2, 0.25) is 5.02 Å². The van der Waals surface area contributed by atoms with Crippen LogP contribution in [-0.4, -0.2) is 4.57 Å². The van der Waals surface area contributed by atoms with Gasteiger partial charge in [0.05, 0.1) is 13.0 Å². The van der Waals surface area contributed by atoms with Gasteiger partial charge in [-0.05, 0) is 19.4 Å². The lowest BCUT2D eigenvalue weighted by Gasteiger charge is -2.02. The molecule has 2 heterocycles. The monoisotopic (exact) mass is 323 g/mol. The van der Waals surface area contributed by atoms with Gasteiger partial charge in [0.15, 0.2) is 5.69 Å². The molecule has 1 aliphatic rings. The van der Waals surface area contributed by atoms with Gasteiger partial charge < -0.3 is 0 Å². The fraction of sp³-hybridized carbons (Fsp3) is 0.250. The molecule has 3 aromatic rings. The van der Waals surface area contributed by atoms with Crippen molar-refractivity contribution in [1.29, 1.82) is 0 Å². The summed E-state index contributed by atoms with van der Waals surface area (Å²) in [6.07, 6.45) is 4.64. The molecule has 0 N–H and O–H groups in total. The number of nitrogens with zero attached hydrogens (tertiary/aromatic N) is 2. The molecule has 0 fully saturated rings. The van der Waals surface area contributed by atoms with E-state index in [9.17, 15) is 0 Å². The molecule has 116 valence electrons. The Morgan fingerprint density at radius 2 is 1.87 bits per heavy atom. The van der Waals surface area contributed by atoms with Gasteiger partial charge >= 0.3 is 0 Å². The van der Waals surface area contributed by atoms with Crippen molar-refractivity contribution >= 4 is 11.6 Å². The molecule has 4 rings (SSSR count). The number of aryl methyl sites for hydroxylation is 1. The Balaban J connectivity index is 1.76. The molecule has 1 aliphatic heterocycles. The van der Waals surface area contributed by atoms with Gasteiger partial charge in [0.1, 0.15) is 12.7 Å². The summed E-state index contributed by atoms with van der Waals surface area (Å²) in [5.74, 6) is 1.40.